The Balaban J connectivity index is 1.71. The summed E-state index contributed by atoms with van der Waals surface area (Å²) in [6.45, 7) is 6.32. The number of rotatable bonds is 5. The van der Waals surface area contributed by atoms with Gasteiger partial charge in [-0.2, -0.15) is 9.61 Å². The maximum Gasteiger partial charge on any atom is 0.185 e. The SMILES string of the molecule is CCC(Nc1ccc2nnc(-c3ccccc3)n2n1)c1c(C)nn(C)c1C. The first kappa shape index (κ1) is 17.2. The molecule has 0 fully saturated rings. The molecule has 3 heterocycles. The number of hydrogen-bond acceptors (Lipinski definition) is 5. The quantitative estimate of drug-likeness (QED) is 0.587. The Morgan fingerprint density at radius 2 is 1.78 bits per heavy atom. The van der Waals surface area contributed by atoms with Gasteiger partial charge in [0.1, 0.15) is 5.82 Å². The summed E-state index contributed by atoms with van der Waals surface area (Å²) in [6.07, 6.45) is 0.931. The fourth-order valence-corrected chi connectivity index (χ4v) is 3.48. The molecule has 1 aromatic carbocycles. The standard InChI is InChI=1S/C20H23N7/c1-5-16(19-13(2)24-26(4)14(19)3)21-17-11-12-18-22-23-20(27(18)25-17)15-9-7-6-8-10-15/h6-12,16H,5H2,1-4H3,(H,21,25). The van der Waals surface area contributed by atoms with Crippen molar-refractivity contribution in [2.75, 3.05) is 5.32 Å². The van der Waals surface area contributed by atoms with Crippen LogP contribution in [0.5, 0.6) is 0 Å². The molecule has 138 valence electrons. The van der Waals surface area contributed by atoms with Gasteiger partial charge in [0.25, 0.3) is 0 Å². The van der Waals surface area contributed by atoms with Gasteiger partial charge >= 0.3 is 0 Å². The second kappa shape index (κ2) is 6.83. The molecular formula is C20H23N7. The third-order valence-corrected chi connectivity index (χ3v) is 4.94. The minimum atomic E-state index is 0.139. The summed E-state index contributed by atoms with van der Waals surface area (Å²) in [5.74, 6) is 1.52. The molecule has 0 aliphatic heterocycles. The van der Waals surface area contributed by atoms with Gasteiger partial charge in [-0.3, -0.25) is 4.68 Å². The highest BCUT2D eigenvalue weighted by atomic mass is 15.4. The van der Waals surface area contributed by atoms with Crippen LogP contribution < -0.4 is 5.32 Å². The van der Waals surface area contributed by atoms with E-state index in [1.807, 2.05) is 54.2 Å². The lowest BCUT2D eigenvalue weighted by Crippen LogP contribution is -2.14. The molecule has 7 nitrogen and oxygen atoms in total. The highest BCUT2D eigenvalue weighted by molar-refractivity contribution is 5.59. The van der Waals surface area contributed by atoms with E-state index in [2.05, 4.69) is 41.4 Å². The van der Waals surface area contributed by atoms with Crippen LogP contribution in [0.2, 0.25) is 0 Å². The lowest BCUT2D eigenvalue weighted by Gasteiger charge is -2.18. The largest absolute Gasteiger partial charge is 0.362 e. The van der Waals surface area contributed by atoms with E-state index in [1.54, 1.807) is 4.52 Å². The maximum absolute atomic E-state index is 4.74. The average Bonchev–Trinajstić information content (AvgIpc) is 3.21. The second-order valence-corrected chi connectivity index (χ2v) is 6.69. The summed E-state index contributed by atoms with van der Waals surface area (Å²) in [7, 11) is 1.98. The number of aromatic nitrogens is 6. The van der Waals surface area contributed by atoms with Crippen LogP contribution in [-0.4, -0.2) is 29.6 Å². The van der Waals surface area contributed by atoms with Gasteiger partial charge in [-0.25, -0.2) is 0 Å². The minimum absolute atomic E-state index is 0.139. The van der Waals surface area contributed by atoms with Crippen molar-refractivity contribution >= 4 is 11.5 Å². The first-order valence-corrected chi connectivity index (χ1v) is 9.13. The molecule has 0 saturated heterocycles. The second-order valence-electron chi connectivity index (χ2n) is 6.69. The minimum Gasteiger partial charge on any atom is -0.362 e. The monoisotopic (exact) mass is 361 g/mol. The van der Waals surface area contributed by atoms with Gasteiger partial charge < -0.3 is 5.32 Å². The molecule has 1 N–H and O–H groups in total. The van der Waals surface area contributed by atoms with Gasteiger partial charge in [-0.05, 0) is 32.4 Å². The van der Waals surface area contributed by atoms with Crippen molar-refractivity contribution in [3.8, 4) is 11.4 Å². The zero-order valence-electron chi connectivity index (χ0n) is 16.0. The van der Waals surface area contributed by atoms with E-state index in [9.17, 15) is 0 Å². The molecule has 0 aliphatic carbocycles. The third kappa shape index (κ3) is 3.05. The van der Waals surface area contributed by atoms with Gasteiger partial charge in [0.05, 0.1) is 11.7 Å². The van der Waals surface area contributed by atoms with E-state index in [0.29, 0.717) is 0 Å². The summed E-state index contributed by atoms with van der Waals surface area (Å²) in [5, 5.41) is 21.4. The van der Waals surface area contributed by atoms with Gasteiger partial charge in [0.2, 0.25) is 0 Å². The van der Waals surface area contributed by atoms with E-state index in [0.717, 1.165) is 35.0 Å². The number of nitrogens with one attached hydrogen (secondary N) is 1. The molecule has 3 aromatic heterocycles. The van der Waals surface area contributed by atoms with Crippen LogP contribution in [0.4, 0.5) is 5.82 Å². The Hall–Kier alpha value is -3.22. The molecule has 1 atom stereocenters. The van der Waals surface area contributed by atoms with E-state index in [4.69, 9.17) is 5.10 Å². The van der Waals surface area contributed by atoms with Gasteiger partial charge in [-0.1, -0.05) is 37.3 Å². The van der Waals surface area contributed by atoms with Crippen LogP contribution in [0.3, 0.4) is 0 Å². The van der Waals surface area contributed by atoms with Crippen molar-refractivity contribution in [1.29, 1.82) is 0 Å². The first-order chi connectivity index (χ1) is 13.1. The summed E-state index contributed by atoms with van der Waals surface area (Å²) in [4.78, 5) is 0. The normalized spacial score (nSPS) is 12.4. The molecule has 0 bridgehead atoms. The predicted molar refractivity (Wildman–Crippen MR) is 106 cm³/mol. The number of aryl methyl sites for hydroxylation is 2. The Morgan fingerprint density at radius 1 is 1.00 bits per heavy atom. The van der Waals surface area contributed by atoms with Crippen LogP contribution in [0.1, 0.15) is 36.3 Å². The van der Waals surface area contributed by atoms with Crippen molar-refractivity contribution < 1.29 is 0 Å². The van der Waals surface area contributed by atoms with E-state index in [-0.39, 0.29) is 6.04 Å². The van der Waals surface area contributed by atoms with Crippen molar-refractivity contribution in [1.82, 2.24) is 29.6 Å². The summed E-state index contributed by atoms with van der Waals surface area (Å²) < 4.78 is 3.71. The van der Waals surface area contributed by atoms with Crippen LogP contribution in [-0.2, 0) is 7.05 Å². The Kier molecular flexibility index (Phi) is 4.35. The molecule has 0 radical (unpaired) electrons. The molecule has 0 saturated carbocycles. The topological polar surface area (TPSA) is 72.9 Å². The molecule has 0 amide bonds. The lowest BCUT2D eigenvalue weighted by atomic mass is 10.0. The van der Waals surface area contributed by atoms with Crippen LogP contribution in [0.25, 0.3) is 17.0 Å². The van der Waals surface area contributed by atoms with Crippen LogP contribution in [0, 0.1) is 13.8 Å². The molecule has 4 rings (SSSR count). The first-order valence-electron chi connectivity index (χ1n) is 9.13. The van der Waals surface area contributed by atoms with Gasteiger partial charge in [0.15, 0.2) is 11.5 Å². The van der Waals surface area contributed by atoms with Crippen LogP contribution >= 0.6 is 0 Å². The molecule has 0 aliphatic rings. The molecule has 7 heteroatoms. The average molecular weight is 361 g/mol. The predicted octanol–water partition coefficient (Wildman–Crippen LogP) is 3.70. The smallest absolute Gasteiger partial charge is 0.185 e. The lowest BCUT2D eigenvalue weighted by molar-refractivity contribution is 0.712. The van der Waals surface area contributed by atoms with Crippen molar-refractivity contribution in [2.45, 2.75) is 33.2 Å². The van der Waals surface area contributed by atoms with Crippen molar-refractivity contribution in [3.63, 3.8) is 0 Å². The zero-order chi connectivity index (χ0) is 19.0. The summed E-state index contributed by atoms with van der Waals surface area (Å²) in [6, 6.07) is 14.0. The molecule has 4 aromatic rings. The Morgan fingerprint density at radius 3 is 2.44 bits per heavy atom. The number of hydrogen-bond donors (Lipinski definition) is 1. The van der Waals surface area contributed by atoms with Crippen LogP contribution in [0.15, 0.2) is 42.5 Å². The summed E-state index contributed by atoms with van der Waals surface area (Å²) >= 11 is 0. The zero-order valence-corrected chi connectivity index (χ0v) is 16.0. The Bertz CT molecular complexity index is 1080. The van der Waals surface area contributed by atoms with E-state index < -0.39 is 0 Å². The van der Waals surface area contributed by atoms with Crippen molar-refractivity contribution in [3.05, 3.63) is 59.4 Å². The van der Waals surface area contributed by atoms with E-state index >= 15 is 0 Å². The van der Waals surface area contributed by atoms with E-state index in [1.165, 1.54) is 11.3 Å². The molecule has 27 heavy (non-hydrogen) atoms. The third-order valence-electron chi connectivity index (χ3n) is 4.94. The Labute approximate surface area is 158 Å². The van der Waals surface area contributed by atoms with Gasteiger partial charge in [0, 0.05) is 23.9 Å². The number of nitrogens with zero attached hydrogens (tertiary/aromatic N) is 6. The number of benzene rings is 1. The molecular weight excluding hydrogens is 338 g/mol. The fraction of sp³-hybridized carbons (Fsp3) is 0.300. The van der Waals surface area contributed by atoms with Gasteiger partial charge in [-0.15, -0.1) is 15.3 Å². The highest BCUT2D eigenvalue weighted by Gasteiger charge is 2.19. The maximum atomic E-state index is 4.74. The van der Waals surface area contributed by atoms with Crippen molar-refractivity contribution in [2.24, 2.45) is 7.05 Å². The number of fused-ring (bicyclic) bond motifs is 1. The molecule has 0 spiro atoms. The summed E-state index contributed by atoms with van der Waals surface area (Å²) in [5.41, 5.74) is 5.16. The molecule has 1 unspecified atom stereocenters. The number of anilines is 1. The fourth-order valence-electron chi connectivity index (χ4n) is 3.48. The highest BCUT2D eigenvalue weighted by Crippen LogP contribution is 2.27.